The van der Waals surface area contributed by atoms with Gasteiger partial charge in [-0.15, -0.1) is 0 Å². The molecule has 0 saturated carbocycles. The minimum atomic E-state index is -3.83. The van der Waals surface area contributed by atoms with Crippen molar-refractivity contribution < 1.29 is 17.9 Å². The van der Waals surface area contributed by atoms with Gasteiger partial charge in [0.2, 0.25) is 5.03 Å². The molecule has 1 aromatic carbocycles. The molecule has 2 rings (SSSR count). The molecule has 0 unspecified atom stereocenters. The topological polar surface area (TPSA) is 82.4 Å². The number of aromatic nitrogens is 2. The van der Waals surface area contributed by atoms with E-state index in [1.165, 1.54) is 18.0 Å². The van der Waals surface area contributed by atoms with Gasteiger partial charge in [-0.05, 0) is 24.3 Å². The lowest BCUT2D eigenvalue weighted by atomic mass is 10.3. The van der Waals surface area contributed by atoms with Crippen LogP contribution in [0.25, 0.3) is 0 Å². The van der Waals surface area contributed by atoms with E-state index in [4.69, 9.17) is 21.1 Å². The molecule has 0 aliphatic heterocycles. The molecule has 0 spiro atoms. The van der Waals surface area contributed by atoms with Crippen molar-refractivity contribution in [1.29, 1.82) is 0 Å². The Kier molecular flexibility index (Phi) is 4.71. The van der Waals surface area contributed by atoms with E-state index >= 15 is 0 Å². The largest absolute Gasteiger partial charge is 0.468 e. The van der Waals surface area contributed by atoms with Crippen LogP contribution in [0.1, 0.15) is 0 Å². The summed E-state index contributed by atoms with van der Waals surface area (Å²) in [6, 6.07) is 6.38. The first-order valence-corrected chi connectivity index (χ1v) is 7.71. The quantitative estimate of drug-likeness (QED) is 0.817. The summed E-state index contributed by atoms with van der Waals surface area (Å²) in [6.07, 6.45) is 1.33. The Hall–Kier alpha value is -1.77. The minimum absolute atomic E-state index is 0.0440. The average molecular weight is 332 g/mol. The highest BCUT2D eigenvalue weighted by Crippen LogP contribution is 2.23. The molecule has 0 radical (unpaired) electrons. The minimum Gasteiger partial charge on any atom is -0.468 e. The van der Waals surface area contributed by atoms with Crippen molar-refractivity contribution in [3.63, 3.8) is 0 Å². The first kappa shape index (κ1) is 15.6. The second kappa shape index (κ2) is 6.33. The number of rotatable bonds is 6. The molecule has 114 valence electrons. The first-order chi connectivity index (χ1) is 9.94. The molecule has 0 aliphatic carbocycles. The van der Waals surface area contributed by atoms with Gasteiger partial charge in [-0.3, -0.25) is 4.72 Å². The zero-order valence-corrected chi connectivity index (χ0v) is 13.0. The maximum Gasteiger partial charge on any atom is 0.282 e. The van der Waals surface area contributed by atoms with Crippen LogP contribution in [-0.4, -0.2) is 31.9 Å². The third-order valence-corrected chi connectivity index (χ3v) is 4.41. The lowest BCUT2D eigenvalue weighted by Gasteiger charge is -2.08. The van der Waals surface area contributed by atoms with Gasteiger partial charge in [0.1, 0.15) is 10.9 Å². The van der Waals surface area contributed by atoms with Crippen LogP contribution < -0.4 is 9.46 Å². The predicted octanol–water partition coefficient (Wildman–Crippen LogP) is 1.86. The number of nitrogens with one attached hydrogen (secondary N) is 1. The summed E-state index contributed by atoms with van der Waals surface area (Å²) < 4.78 is 38.1. The van der Waals surface area contributed by atoms with Crippen molar-refractivity contribution in [2.75, 3.05) is 18.6 Å². The zero-order valence-electron chi connectivity index (χ0n) is 11.4. The molecular formula is C12H14ClN3O4S. The SMILES string of the molecule is COCOc1ccc(NS(=O)(=O)c2ncn(C)c2Cl)cc1. The fourth-order valence-corrected chi connectivity index (χ4v) is 3.02. The third kappa shape index (κ3) is 3.66. The lowest BCUT2D eigenvalue weighted by molar-refractivity contribution is 0.0511. The Morgan fingerprint density at radius 2 is 2.00 bits per heavy atom. The van der Waals surface area contributed by atoms with Crippen molar-refractivity contribution in [2.45, 2.75) is 5.03 Å². The van der Waals surface area contributed by atoms with E-state index in [0.29, 0.717) is 11.4 Å². The standard InChI is InChI=1S/C12H14ClN3O4S/c1-16-7-14-12(11(16)13)21(17,18)15-9-3-5-10(6-4-9)20-8-19-2/h3-7,15H,8H2,1-2H3. The van der Waals surface area contributed by atoms with Crippen molar-refractivity contribution in [3.05, 3.63) is 35.7 Å². The Morgan fingerprint density at radius 1 is 1.33 bits per heavy atom. The van der Waals surface area contributed by atoms with E-state index in [0.717, 1.165) is 0 Å². The summed E-state index contributed by atoms with van der Waals surface area (Å²) in [4.78, 5) is 3.78. The Morgan fingerprint density at radius 3 is 2.52 bits per heavy atom. The van der Waals surface area contributed by atoms with Crippen LogP contribution in [0, 0.1) is 0 Å². The van der Waals surface area contributed by atoms with Gasteiger partial charge in [0.05, 0.1) is 6.33 Å². The van der Waals surface area contributed by atoms with Crippen molar-refractivity contribution in [1.82, 2.24) is 9.55 Å². The van der Waals surface area contributed by atoms with E-state index < -0.39 is 10.0 Å². The Balaban J connectivity index is 2.15. The van der Waals surface area contributed by atoms with Crippen LogP contribution in [0.15, 0.2) is 35.6 Å². The molecule has 7 nitrogen and oxygen atoms in total. The number of imidazole rings is 1. The number of aryl methyl sites for hydroxylation is 1. The van der Waals surface area contributed by atoms with E-state index in [1.807, 2.05) is 0 Å². The number of hydrogen-bond donors (Lipinski definition) is 1. The summed E-state index contributed by atoms with van der Waals surface area (Å²) in [5, 5.41) is -0.172. The molecule has 0 bridgehead atoms. The number of methoxy groups -OCH3 is 1. The maximum atomic E-state index is 12.2. The van der Waals surface area contributed by atoms with Gasteiger partial charge in [-0.25, -0.2) is 4.98 Å². The summed E-state index contributed by atoms with van der Waals surface area (Å²) in [5.41, 5.74) is 0.376. The lowest BCUT2D eigenvalue weighted by Crippen LogP contribution is -2.14. The van der Waals surface area contributed by atoms with Crippen LogP contribution >= 0.6 is 11.6 Å². The van der Waals surface area contributed by atoms with E-state index in [1.54, 1.807) is 31.3 Å². The molecule has 0 saturated heterocycles. The average Bonchev–Trinajstić information content (AvgIpc) is 2.78. The molecule has 1 aromatic heterocycles. The molecule has 21 heavy (non-hydrogen) atoms. The maximum absolute atomic E-state index is 12.2. The highest BCUT2D eigenvalue weighted by Gasteiger charge is 2.22. The first-order valence-electron chi connectivity index (χ1n) is 5.85. The van der Waals surface area contributed by atoms with Gasteiger partial charge in [0.15, 0.2) is 6.79 Å². The Bertz CT molecular complexity index is 713. The molecule has 0 aliphatic rings. The van der Waals surface area contributed by atoms with Crippen molar-refractivity contribution in [3.8, 4) is 5.75 Å². The molecule has 1 N–H and O–H groups in total. The van der Waals surface area contributed by atoms with Gasteiger partial charge in [-0.2, -0.15) is 8.42 Å². The molecule has 1 heterocycles. The molecular weight excluding hydrogens is 318 g/mol. The second-order valence-electron chi connectivity index (χ2n) is 4.13. The van der Waals surface area contributed by atoms with Gasteiger partial charge in [0, 0.05) is 19.8 Å². The van der Waals surface area contributed by atoms with E-state index in [-0.39, 0.29) is 17.0 Å². The van der Waals surface area contributed by atoms with Gasteiger partial charge in [-0.1, -0.05) is 11.6 Å². The number of nitrogens with zero attached hydrogens (tertiary/aromatic N) is 2. The number of hydrogen-bond acceptors (Lipinski definition) is 5. The van der Waals surface area contributed by atoms with E-state index in [2.05, 4.69) is 9.71 Å². The fraction of sp³-hybridized carbons (Fsp3) is 0.250. The second-order valence-corrected chi connectivity index (χ2v) is 6.09. The van der Waals surface area contributed by atoms with Crippen LogP contribution in [0.3, 0.4) is 0 Å². The van der Waals surface area contributed by atoms with E-state index in [9.17, 15) is 8.42 Å². The Labute approximate surface area is 127 Å². The monoisotopic (exact) mass is 331 g/mol. The van der Waals surface area contributed by atoms with Gasteiger partial charge < -0.3 is 14.0 Å². The van der Waals surface area contributed by atoms with Crippen LogP contribution in [0.5, 0.6) is 5.75 Å². The van der Waals surface area contributed by atoms with Crippen LogP contribution in [0.2, 0.25) is 5.15 Å². The zero-order chi connectivity index (χ0) is 15.5. The van der Waals surface area contributed by atoms with Gasteiger partial charge >= 0.3 is 0 Å². The third-order valence-electron chi connectivity index (χ3n) is 2.54. The molecule has 9 heteroatoms. The number of anilines is 1. The highest BCUT2D eigenvalue weighted by atomic mass is 35.5. The normalized spacial score (nSPS) is 11.4. The summed E-state index contributed by atoms with van der Waals surface area (Å²) in [5.74, 6) is 0.565. The summed E-state index contributed by atoms with van der Waals surface area (Å²) in [6.45, 7) is 0.120. The van der Waals surface area contributed by atoms with Crippen LogP contribution in [-0.2, 0) is 21.8 Å². The predicted molar refractivity (Wildman–Crippen MR) is 78.0 cm³/mol. The van der Waals surface area contributed by atoms with Crippen LogP contribution in [0.4, 0.5) is 5.69 Å². The number of sulfonamides is 1. The molecule has 0 atom stereocenters. The van der Waals surface area contributed by atoms with Crippen molar-refractivity contribution in [2.24, 2.45) is 7.05 Å². The number of ether oxygens (including phenoxy) is 2. The summed E-state index contributed by atoms with van der Waals surface area (Å²) in [7, 11) is -0.712. The number of halogens is 1. The summed E-state index contributed by atoms with van der Waals surface area (Å²) >= 11 is 5.89. The molecule has 0 fully saturated rings. The smallest absolute Gasteiger partial charge is 0.282 e. The van der Waals surface area contributed by atoms with Crippen molar-refractivity contribution >= 4 is 27.3 Å². The molecule has 2 aromatic rings. The number of benzene rings is 1. The molecule has 0 amide bonds. The fourth-order valence-electron chi connectivity index (χ4n) is 1.52. The highest BCUT2D eigenvalue weighted by molar-refractivity contribution is 7.92. The van der Waals surface area contributed by atoms with Gasteiger partial charge in [0.25, 0.3) is 10.0 Å².